The second-order valence-electron chi connectivity index (χ2n) is 8.84. The van der Waals surface area contributed by atoms with Gasteiger partial charge in [0.1, 0.15) is 6.04 Å². The highest BCUT2D eigenvalue weighted by Crippen LogP contribution is 2.28. The second kappa shape index (κ2) is 10.8. The number of imide groups is 1. The number of anilines is 2. The van der Waals surface area contributed by atoms with Gasteiger partial charge in [0.2, 0.25) is 11.8 Å². The summed E-state index contributed by atoms with van der Waals surface area (Å²) < 4.78 is 5.41. The van der Waals surface area contributed by atoms with E-state index in [2.05, 4.69) is 10.2 Å². The predicted molar refractivity (Wildman–Crippen MR) is 131 cm³/mol. The molecule has 2 aromatic rings. The van der Waals surface area contributed by atoms with E-state index in [0.29, 0.717) is 43.2 Å². The number of hydrogen-bond donors (Lipinski definition) is 1. The van der Waals surface area contributed by atoms with Gasteiger partial charge < -0.3 is 15.0 Å². The van der Waals surface area contributed by atoms with Crippen molar-refractivity contribution in [3.8, 4) is 0 Å². The molecule has 2 aliphatic rings. The van der Waals surface area contributed by atoms with Crippen molar-refractivity contribution in [2.24, 2.45) is 0 Å². The van der Waals surface area contributed by atoms with Gasteiger partial charge in [-0.3, -0.25) is 24.1 Å². The maximum atomic E-state index is 13.6. The van der Waals surface area contributed by atoms with E-state index in [9.17, 15) is 19.2 Å². The molecule has 0 spiro atoms. The average molecular weight is 479 g/mol. The molecule has 1 atom stereocenters. The minimum absolute atomic E-state index is 0.0764. The van der Waals surface area contributed by atoms with Gasteiger partial charge in [0.15, 0.2) is 0 Å². The van der Waals surface area contributed by atoms with Gasteiger partial charge in [-0.2, -0.15) is 0 Å². The first-order valence-electron chi connectivity index (χ1n) is 11.8. The third-order valence-electron chi connectivity index (χ3n) is 6.23. The Kier molecular flexibility index (Phi) is 7.57. The predicted octanol–water partition coefficient (Wildman–Crippen LogP) is 2.06. The lowest BCUT2D eigenvalue weighted by Gasteiger charge is -2.32. The van der Waals surface area contributed by atoms with Crippen molar-refractivity contribution in [1.82, 2.24) is 9.80 Å². The summed E-state index contributed by atoms with van der Waals surface area (Å²) in [5, 5.41) is 2.66. The SMILES string of the molecule is CC(=O)Nc1ccc(N2C(=O)CC(N(CCN3CCOCC3)C(=O)c3cccc(C)c3)C2=O)cc1. The molecule has 1 unspecified atom stereocenters. The van der Waals surface area contributed by atoms with Crippen LogP contribution < -0.4 is 10.2 Å². The Bertz CT molecular complexity index is 1110. The van der Waals surface area contributed by atoms with E-state index in [1.54, 1.807) is 36.4 Å². The van der Waals surface area contributed by atoms with Gasteiger partial charge in [0, 0.05) is 44.4 Å². The lowest BCUT2D eigenvalue weighted by atomic mass is 10.1. The Labute approximate surface area is 204 Å². The first-order valence-corrected chi connectivity index (χ1v) is 11.8. The zero-order chi connectivity index (χ0) is 24.9. The Morgan fingerprint density at radius 1 is 1.09 bits per heavy atom. The summed E-state index contributed by atoms with van der Waals surface area (Å²) in [4.78, 5) is 56.1. The van der Waals surface area contributed by atoms with Crippen LogP contribution in [0, 0.1) is 6.92 Å². The van der Waals surface area contributed by atoms with Crippen LogP contribution in [0.15, 0.2) is 48.5 Å². The van der Waals surface area contributed by atoms with Crippen LogP contribution in [0.3, 0.4) is 0 Å². The molecule has 4 amide bonds. The molecule has 0 aliphatic carbocycles. The lowest BCUT2D eigenvalue weighted by molar-refractivity contribution is -0.122. The molecular formula is C26H30N4O5. The highest BCUT2D eigenvalue weighted by molar-refractivity contribution is 6.23. The highest BCUT2D eigenvalue weighted by Gasteiger charge is 2.44. The summed E-state index contributed by atoms with van der Waals surface area (Å²) in [6.07, 6.45) is -0.0764. The maximum Gasteiger partial charge on any atom is 0.257 e. The number of morpholine rings is 1. The van der Waals surface area contributed by atoms with E-state index >= 15 is 0 Å². The van der Waals surface area contributed by atoms with Crippen LogP contribution in [-0.4, -0.2) is 78.9 Å². The van der Waals surface area contributed by atoms with E-state index in [0.717, 1.165) is 23.6 Å². The summed E-state index contributed by atoms with van der Waals surface area (Å²) in [5.74, 6) is -1.27. The number of nitrogens with zero attached hydrogens (tertiary/aromatic N) is 3. The number of hydrogen-bond acceptors (Lipinski definition) is 6. The monoisotopic (exact) mass is 478 g/mol. The molecule has 2 heterocycles. The fourth-order valence-electron chi connectivity index (χ4n) is 4.44. The molecule has 35 heavy (non-hydrogen) atoms. The van der Waals surface area contributed by atoms with Gasteiger partial charge in [-0.25, -0.2) is 4.90 Å². The van der Waals surface area contributed by atoms with E-state index in [-0.39, 0.29) is 24.1 Å². The molecule has 1 N–H and O–H groups in total. The number of ether oxygens (including phenoxy) is 1. The van der Waals surface area contributed by atoms with Crippen LogP contribution in [0.1, 0.15) is 29.3 Å². The van der Waals surface area contributed by atoms with Gasteiger partial charge in [0.05, 0.1) is 25.3 Å². The number of carbonyl (C=O) groups excluding carboxylic acids is 4. The number of nitrogens with one attached hydrogen (secondary N) is 1. The molecule has 0 radical (unpaired) electrons. The van der Waals surface area contributed by atoms with E-state index < -0.39 is 11.9 Å². The molecule has 9 nitrogen and oxygen atoms in total. The third-order valence-corrected chi connectivity index (χ3v) is 6.23. The summed E-state index contributed by atoms with van der Waals surface area (Å²) >= 11 is 0. The molecule has 2 saturated heterocycles. The Hall–Kier alpha value is -3.56. The lowest BCUT2D eigenvalue weighted by Crippen LogP contribution is -2.49. The quantitative estimate of drug-likeness (QED) is 0.612. The summed E-state index contributed by atoms with van der Waals surface area (Å²) in [6.45, 7) is 7.02. The van der Waals surface area contributed by atoms with Gasteiger partial charge in [0.25, 0.3) is 11.8 Å². The van der Waals surface area contributed by atoms with Gasteiger partial charge in [-0.05, 0) is 43.3 Å². The Morgan fingerprint density at radius 2 is 1.80 bits per heavy atom. The summed E-state index contributed by atoms with van der Waals surface area (Å²) in [5.41, 5.74) is 2.41. The van der Waals surface area contributed by atoms with E-state index in [1.165, 1.54) is 11.8 Å². The second-order valence-corrected chi connectivity index (χ2v) is 8.84. The molecule has 0 saturated carbocycles. The molecule has 2 aliphatic heterocycles. The highest BCUT2D eigenvalue weighted by atomic mass is 16.5. The zero-order valence-corrected chi connectivity index (χ0v) is 20.0. The summed E-state index contributed by atoms with van der Waals surface area (Å²) in [7, 11) is 0. The van der Waals surface area contributed by atoms with Crippen molar-refractivity contribution in [2.75, 3.05) is 49.6 Å². The van der Waals surface area contributed by atoms with Crippen LogP contribution in [0.25, 0.3) is 0 Å². The van der Waals surface area contributed by atoms with E-state index in [1.807, 2.05) is 19.1 Å². The Morgan fingerprint density at radius 3 is 2.46 bits per heavy atom. The van der Waals surface area contributed by atoms with Crippen molar-refractivity contribution in [3.05, 3.63) is 59.7 Å². The third kappa shape index (κ3) is 5.75. The van der Waals surface area contributed by atoms with Crippen molar-refractivity contribution in [2.45, 2.75) is 26.3 Å². The normalized spacial score (nSPS) is 18.6. The van der Waals surface area contributed by atoms with Crippen molar-refractivity contribution in [1.29, 1.82) is 0 Å². The molecule has 9 heteroatoms. The van der Waals surface area contributed by atoms with Crippen LogP contribution in [0.5, 0.6) is 0 Å². The van der Waals surface area contributed by atoms with Gasteiger partial charge >= 0.3 is 0 Å². The molecule has 0 aromatic heterocycles. The van der Waals surface area contributed by atoms with Crippen molar-refractivity contribution < 1.29 is 23.9 Å². The zero-order valence-electron chi connectivity index (χ0n) is 20.0. The van der Waals surface area contributed by atoms with Crippen LogP contribution in [0.4, 0.5) is 11.4 Å². The van der Waals surface area contributed by atoms with Crippen LogP contribution >= 0.6 is 0 Å². The minimum atomic E-state index is -0.883. The maximum absolute atomic E-state index is 13.6. The van der Waals surface area contributed by atoms with Crippen molar-refractivity contribution in [3.63, 3.8) is 0 Å². The molecular weight excluding hydrogens is 448 g/mol. The number of carbonyl (C=O) groups is 4. The van der Waals surface area contributed by atoms with Crippen LogP contribution in [0.2, 0.25) is 0 Å². The molecule has 4 rings (SSSR count). The number of amides is 4. The fourth-order valence-corrected chi connectivity index (χ4v) is 4.44. The van der Waals surface area contributed by atoms with Crippen molar-refractivity contribution >= 4 is 35.0 Å². The molecule has 2 aromatic carbocycles. The van der Waals surface area contributed by atoms with Gasteiger partial charge in [-0.1, -0.05) is 17.7 Å². The standard InChI is InChI=1S/C26H30N4O5/c1-18-4-3-5-20(16-18)25(33)29(11-10-28-12-14-35-15-13-28)23-17-24(32)30(26(23)34)22-8-6-21(7-9-22)27-19(2)31/h3-9,16,23H,10-15,17H2,1-2H3,(H,27,31). The van der Waals surface area contributed by atoms with E-state index in [4.69, 9.17) is 4.74 Å². The number of rotatable bonds is 7. The largest absolute Gasteiger partial charge is 0.379 e. The first kappa shape index (κ1) is 24.6. The van der Waals surface area contributed by atoms with Gasteiger partial charge in [-0.15, -0.1) is 0 Å². The molecule has 0 bridgehead atoms. The average Bonchev–Trinajstić information content (AvgIpc) is 3.13. The summed E-state index contributed by atoms with van der Waals surface area (Å²) in [6, 6.07) is 12.9. The number of benzene rings is 2. The smallest absolute Gasteiger partial charge is 0.257 e. The molecule has 2 fully saturated rings. The Balaban J connectivity index is 1.57. The number of aryl methyl sites for hydroxylation is 1. The fraction of sp³-hybridized carbons (Fsp3) is 0.385. The minimum Gasteiger partial charge on any atom is -0.379 e. The topological polar surface area (TPSA) is 99.3 Å². The molecule has 184 valence electrons. The van der Waals surface area contributed by atoms with Crippen LogP contribution in [-0.2, 0) is 19.1 Å². The first-order chi connectivity index (χ1) is 16.8.